The quantitative estimate of drug-likeness (QED) is 0.861. The van der Waals surface area contributed by atoms with Crippen LogP contribution in [0.15, 0.2) is 30.3 Å². The summed E-state index contributed by atoms with van der Waals surface area (Å²) in [4.78, 5) is 28.7. The first-order valence-electron chi connectivity index (χ1n) is 7.59. The maximum absolute atomic E-state index is 12.9. The second-order valence-corrected chi connectivity index (χ2v) is 5.75. The van der Waals surface area contributed by atoms with E-state index in [1.54, 1.807) is 0 Å². The second-order valence-electron chi connectivity index (χ2n) is 5.75. The molecule has 1 aromatic rings. The molecular formula is C16H21N3O2. The Hall–Kier alpha value is -1.88. The smallest absolute Gasteiger partial charge is 0.319 e. The van der Waals surface area contributed by atoms with Gasteiger partial charge in [0.25, 0.3) is 5.91 Å². The number of carbonyl (C=O) groups excluding carboxylic acids is 2. The molecule has 2 fully saturated rings. The molecule has 2 aliphatic rings. The lowest BCUT2D eigenvalue weighted by Crippen LogP contribution is -2.44. The molecule has 0 bridgehead atoms. The number of benzene rings is 1. The molecule has 2 aliphatic heterocycles. The van der Waals surface area contributed by atoms with Gasteiger partial charge in [0.1, 0.15) is 5.54 Å². The monoisotopic (exact) mass is 287 g/mol. The summed E-state index contributed by atoms with van der Waals surface area (Å²) in [6, 6.07) is 9.24. The van der Waals surface area contributed by atoms with Gasteiger partial charge < -0.3 is 5.32 Å². The minimum atomic E-state index is -0.905. The molecule has 2 heterocycles. The molecule has 1 N–H and O–H groups in total. The van der Waals surface area contributed by atoms with Crippen molar-refractivity contribution in [1.29, 1.82) is 0 Å². The van der Waals surface area contributed by atoms with Crippen LogP contribution in [-0.2, 0) is 10.3 Å². The van der Waals surface area contributed by atoms with E-state index in [-0.39, 0.29) is 11.9 Å². The number of rotatable bonds is 4. The number of hydrogen-bond donors (Lipinski definition) is 1. The van der Waals surface area contributed by atoms with Crippen molar-refractivity contribution in [3.8, 4) is 0 Å². The maximum atomic E-state index is 12.9. The van der Waals surface area contributed by atoms with E-state index in [1.165, 1.54) is 4.90 Å². The topological polar surface area (TPSA) is 52.7 Å². The lowest BCUT2D eigenvalue weighted by molar-refractivity contribution is -0.133. The minimum absolute atomic E-state index is 0.131. The van der Waals surface area contributed by atoms with E-state index in [0.717, 1.165) is 31.5 Å². The largest absolute Gasteiger partial charge is 0.326 e. The molecule has 0 unspecified atom stereocenters. The standard InChI is InChI=1S/C16H21N3O2/c1-2-16(13-8-4-3-5-9-13)14(20)19(15(21)17-16)12-18-10-6-7-11-18/h3-5,8-9H,2,6-7,10-12H2,1H3,(H,17,21)/t16-/m0/s1. The Morgan fingerprint density at radius 3 is 2.43 bits per heavy atom. The van der Waals surface area contributed by atoms with Crippen LogP contribution in [0.1, 0.15) is 31.7 Å². The van der Waals surface area contributed by atoms with Gasteiger partial charge in [0.05, 0.1) is 6.67 Å². The molecule has 3 amide bonds. The summed E-state index contributed by atoms with van der Waals surface area (Å²) < 4.78 is 0. The molecule has 2 saturated heterocycles. The summed E-state index contributed by atoms with van der Waals surface area (Å²) in [7, 11) is 0. The highest BCUT2D eigenvalue weighted by molar-refractivity contribution is 6.07. The zero-order valence-electron chi connectivity index (χ0n) is 12.3. The van der Waals surface area contributed by atoms with E-state index < -0.39 is 5.54 Å². The Kier molecular flexibility index (Phi) is 3.68. The van der Waals surface area contributed by atoms with Crippen molar-refractivity contribution in [2.75, 3.05) is 19.8 Å². The number of hydrogen-bond acceptors (Lipinski definition) is 3. The third-order valence-corrected chi connectivity index (χ3v) is 4.51. The number of nitrogens with one attached hydrogen (secondary N) is 1. The van der Waals surface area contributed by atoms with E-state index in [0.29, 0.717) is 13.1 Å². The van der Waals surface area contributed by atoms with Gasteiger partial charge >= 0.3 is 6.03 Å². The molecule has 0 aliphatic carbocycles. The number of nitrogens with zero attached hydrogens (tertiary/aromatic N) is 2. The van der Waals surface area contributed by atoms with Crippen LogP contribution >= 0.6 is 0 Å². The van der Waals surface area contributed by atoms with Gasteiger partial charge in [-0.15, -0.1) is 0 Å². The van der Waals surface area contributed by atoms with Gasteiger partial charge in [-0.05, 0) is 37.9 Å². The molecule has 5 nitrogen and oxygen atoms in total. The highest BCUT2D eigenvalue weighted by Gasteiger charge is 2.51. The normalized spacial score (nSPS) is 26.4. The Morgan fingerprint density at radius 1 is 1.14 bits per heavy atom. The van der Waals surface area contributed by atoms with E-state index in [9.17, 15) is 9.59 Å². The van der Waals surface area contributed by atoms with Crippen LogP contribution in [0, 0.1) is 0 Å². The fraction of sp³-hybridized carbons (Fsp3) is 0.500. The first-order chi connectivity index (χ1) is 10.2. The predicted molar refractivity (Wildman–Crippen MR) is 79.5 cm³/mol. The van der Waals surface area contributed by atoms with Crippen LogP contribution in [0.5, 0.6) is 0 Å². The fourth-order valence-corrected chi connectivity index (χ4v) is 3.24. The highest BCUT2D eigenvalue weighted by atomic mass is 16.2. The van der Waals surface area contributed by atoms with E-state index >= 15 is 0 Å². The first-order valence-corrected chi connectivity index (χ1v) is 7.59. The molecule has 3 rings (SSSR count). The zero-order chi connectivity index (χ0) is 14.9. The van der Waals surface area contributed by atoms with E-state index in [2.05, 4.69) is 10.2 Å². The summed E-state index contributed by atoms with van der Waals surface area (Å²) >= 11 is 0. The highest BCUT2D eigenvalue weighted by Crippen LogP contribution is 2.32. The van der Waals surface area contributed by atoms with Gasteiger partial charge in [0, 0.05) is 0 Å². The van der Waals surface area contributed by atoms with Crippen LogP contribution in [0.4, 0.5) is 4.79 Å². The average molecular weight is 287 g/mol. The van der Waals surface area contributed by atoms with Crippen molar-refractivity contribution in [3.05, 3.63) is 35.9 Å². The Bertz CT molecular complexity index is 540. The third kappa shape index (κ3) is 2.31. The Labute approximate surface area is 124 Å². The molecule has 0 spiro atoms. The van der Waals surface area contributed by atoms with Crippen molar-refractivity contribution in [3.63, 3.8) is 0 Å². The van der Waals surface area contributed by atoms with Crippen molar-refractivity contribution in [2.45, 2.75) is 31.7 Å². The van der Waals surface area contributed by atoms with E-state index in [1.807, 2.05) is 37.3 Å². The van der Waals surface area contributed by atoms with Crippen LogP contribution in [0.25, 0.3) is 0 Å². The molecule has 0 radical (unpaired) electrons. The molecule has 21 heavy (non-hydrogen) atoms. The lowest BCUT2D eigenvalue weighted by atomic mass is 9.87. The minimum Gasteiger partial charge on any atom is -0.319 e. The number of amides is 3. The fourth-order valence-electron chi connectivity index (χ4n) is 3.24. The third-order valence-electron chi connectivity index (χ3n) is 4.51. The summed E-state index contributed by atoms with van der Waals surface area (Å²) in [5, 5.41) is 2.92. The van der Waals surface area contributed by atoms with Crippen molar-refractivity contribution in [1.82, 2.24) is 15.1 Å². The van der Waals surface area contributed by atoms with E-state index in [4.69, 9.17) is 0 Å². The predicted octanol–water partition coefficient (Wildman–Crippen LogP) is 1.90. The number of imide groups is 1. The average Bonchev–Trinajstić information content (AvgIpc) is 3.11. The lowest BCUT2D eigenvalue weighted by Gasteiger charge is -2.26. The number of likely N-dealkylation sites (tertiary alicyclic amines) is 1. The van der Waals surface area contributed by atoms with Crippen LogP contribution < -0.4 is 5.32 Å². The number of carbonyl (C=O) groups is 2. The van der Waals surface area contributed by atoms with Gasteiger partial charge in [-0.25, -0.2) is 9.69 Å². The van der Waals surface area contributed by atoms with Crippen molar-refractivity contribution >= 4 is 11.9 Å². The molecular weight excluding hydrogens is 266 g/mol. The van der Waals surface area contributed by atoms with Gasteiger partial charge in [0.2, 0.25) is 0 Å². The first kappa shape index (κ1) is 14.1. The van der Waals surface area contributed by atoms with Gasteiger partial charge in [0.15, 0.2) is 0 Å². The summed E-state index contributed by atoms with van der Waals surface area (Å²) in [5.74, 6) is -0.131. The SMILES string of the molecule is CC[C@@]1(c2ccccc2)NC(=O)N(CN2CCCC2)C1=O. The van der Waals surface area contributed by atoms with Gasteiger partial charge in [-0.1, -0.05) is 37.3 Å². The van der Waals surface area contributed by atoms with Gasteiger partial charge in [-0.3, -0.25) is 9.69 Å². The number of urea groups is 1. The zero-order valence-corrected chi connectivity index (χ0v) is 12.3. The Morgan fingerprint density at radius 2 is 1.81 bits per heavy atom. The molecule has 1 atom stereocenters. The summed E-state index contributed by atoms with van der Waals surface area (Å²) in [5.41, 5.74) is -0.0484. The molecule has 0 aromatic heterocycles. The maximum Gasteiger partial charge on any atom is 0.326 e. The van der Waals surface area contributed by atoms with Crippen molar-refractivity contribution in [2.24, 2.45) is 0 Å². The van der Waals surface area contributed by atoms with Crippen molar-refractivity contribution < 1.29 is 9.59 Å². The molecule has 0 saturated carbocycles. The van der Waals surface area contributed by atoms with Crippen LogP contribution in [0.2, 0.25) is 0 Å². The van der Waals surface area contributed by atoms with Gasteiger partial charge in [-0.2, -0.15) is 0 Å². The van der Waals surface area contributed by atoms with Crippen LogP contribution in [-0.4, -0.2) is 41.5 Å². The molecule has 1 aromatic carbocycles. The molecule has 5 heteroatoms. The second kappa shape index (κ2) is 5.48. The molecule has 112 valence electrons. The van der Waals surface area contributed by atoms with Crippen LogP contribution in [0.3, 0.4) is 0 Å². The summed E-state index contributed by atoms with van der Waals surface area (Å²) in [6.45, 7) is 4.26. The summed E-state index contributed by atoms with van der Waals surface area (Å²) in [6.07, 6.45) is 2.83. The Balaban J connectivity index is 1.87.